The van der Waals surface area contributed by atoms with Gasteiger partial charge < -0.3 is 14.1 Å². The number of methoxy groups -OCH3 is 1. The molecule has 0 bridgehead atoms. The number of halogens is 4. The zero-order valence-electron chi connectivity index (χ0n) is 11.8. The van der Waals surface area contributed by atoms with Crippen LogP contribution in [-0.2, 0) is 4.74 Å². The Morgan fingerprint density at radius 2 is 1.95 bits per heavy atom. The van der Waals surface area contributed by atoms with Gasteiger partial charge in [-0.3, -0.25) is 0 Å². The van der Waals surface area contributed by atoms with Crippen LogP contribution < -0.4 is 4.90 Å². The molecule has 0 unspecified atom stereocenters. The van der Waals surface area contributed by atoms with Gasteiger partial charge in [-0.05, 0) is 12.1 Å². The second kappa shape index (κ2) is 5.12. The van der Waals surface area contributed by atoms with Crippen LogP contribution in [0.2, 0.25) is 0 Å². The smallest absolute Gasteiger partial charge is 0.417 e. The Kier molecular flexibility index (Phi) is 3.51. The van der Waals surface area contributed by atoms with E-state index in [1.54, 1.807) is 4.90 Å². The van der Waals surface area contributed by atoms with E-state index in [1.165, 1.54) is 18.2 Å². The number of hydrogen-bond donors (Lipinski definition) is 0. The molecule has 0 aliphatic carbocycles. The van der Waals surface area contributed by atoms with Crippen LogP contribution in [0.3, 0.4) is 0 Å². The number of rotatable bonds is 2. The summed E-state index contributed by atoms with van der Waals surface area (Å²) in [5.74, 6) is -0.454. The molecule has 0 N–H and O–H groups in total. The van der Waals surface area contributed by atoms with Gasteiger partial charge in [-0.2, -0.15) is 18.2 Å². The highest BCUT2D eigenvalue weighted by atomic mass is 19.4. The number of piperidine rings is 1. The van der Waals surface area contributed by atoms with Crippen LogP contribution in [0.25, 0.3) is 11.1 Å². The van der Waals surface area contributed by atoms with Gasteiger partial charge in [-0.15, -0.1) is 0 Å². The first kappa shape index (κ1) is 15.1. The molecule has 0 saturated carbocycles. The van der Waals surface area contributed by atoms with Crippen molar-refractivity contribution in [2.24, 2.45) is 0 Å². The van der Waals surface area contributed by atoms with Crippen LogP contribution in [0.5, 0.6) is 0 Å². The minimum atomic E-state index is -4.42. The quantitative estimate of drug-likeness (QED) is 0.794. The van der Waals surface area contributed by atoms with E-state index in [2.05, 4.69) is 4.98 Å². The minimum absolute atomic E-state index is 0.0999. The minimum Gasteiger partial charge on any atom is -0.423 e. The maximum atomic E-state index is 13.1. The van der Waals surface area contributed by atoms with Crippen molar-refractivity contribution >= 4 is 17.1 Å². The first-order chi connectivity index (χ1) is 10.3. The van der Waals surface area contributed by atoms with Crippen molar-refractivity contribution in [3.63, 3.8) is 0 Å². The molecule has 0 amide bonds. The van der Waals surface area contributed by atoms with Crippen LogP contribution in [0.15, 0.2) is 22.6 Å². The van der Waals surface area contributed by atoms with E-state index in [0.29, 0.717) is 5.52 Å². The standard InChI is InChI=1S/C14H14F4N2O2/c1-21-13(14(16,17)18)4-6-20(7-5-13)12-19-10-3-2-9(15)8-11(10)22-12/h2-3,8H,4-7H2,1H3. The Morgan fingerprint density at radius 3 is 2.55 bits per heavy atom. The van der Waals surface area contributed by atoms with Gasteiger partial charge >= 0.3 is 6.18 Å². The van der Waals surface area contributed by atoms with Gasteiger partial charge in [0.15, 0.2) is 11.2 Å². The van der Waals surface area contributed by atoms with Crippen molar-refractivity contribution in [1.82, 2.24) is 4.98 Å². The highest BCUT2D eigenvalue weighted by molar-refractivity contribution is 5.74. The van der Waals surface area contributed by atoms with Gasteiger partial charge in [-0.25, -0.2) is 4.39 Å². The summed E-state index contributed by atoms with van der Waals surface area (Å²) in [5, 5.41) is 0. The number of hydrogen-bond acceptors (Lipinski definition) is 4. The molecule has 22 heavy (non-hydrogen) atoms. The molecule has 1 aromatic carbocycles. The maximum Gasteiger partial charge on any atom is 0.417 e. The van der Waals surface area contributed by atoms with Crippen LogP contribution in [0.4, 0.5) is 23.6 Å². The van der Waals surface area contributed by atoms with E-state index < -0.39 is 17.6 Å². The van der Waals surface area contributed by atoms with Crippen molar-refractivity contribution in [1.29, 1.82) is 0 Å². The third-order valence-electron chi connectivity index (χ3n) is 4.09. The Morgan fingerprint density at radius 1 is 1.27 bits per heavy atom. The molecule has 4 nitrogen and oxygen atoms in total. The fraction of sp³-hybridized carbons (Fsp3) is 0.500. The van der Waals surface area contributed by atoms with Crippen LogP contribution in [0, 0.1) is 5.82 Å². The number of ether oxygens (including phenoxy) is 1. The van der Waals surface area contributed by atoms with Crippen molar-refractivity contribution in [3.05, 3.63) is 24.0 Å². The Bertz CT molecular complexity index is 675. The van der Waals surface area contributed by atoms with E-state index in [0.717, 1.165) is 7.11 Å². The molecule has 0 spiro atoms. The van der Waals surface area contributed by atoms with Gasteiger partial charge in [0.2, 0.25) is 0 Å². The van der Waals surface area contributed by atoms with Gasteiger partial charge in [0.05, 0.1) is 0 Å². The summed E-state index contributed by atoms with van der Waals surface area (Å²) in [6.45, 7) is 0.200. The van der Waals surface area contributed by atoms with Crippen molar-refractivity contribution in [3.8, 4) is 0 Å². The summed E-state index contributed by atoms with van der Waals surface area (Å²) >= 11 is 0. The summed E-state index contributed by atoms with van der Waals surface area (Å²) in [5.41, 5.74) is -1.38. The molecule has 3 rings (SSSR count). The van der Waals surface area contributed by atoms with E-state index in [1.807, 2.05) is 0 Å². The topological polar surface area (TPSA) is 38.5 Å². The highest BCUT2D eigenvalue weighted by Gasteiger charge is 2.56. The Balaban J connectivity index is 1.80. The number of fused-ring (bicyclic) bond motifs is 1. The Labute approximate surface area is 123 Å². The number of anilines is 1. The molecule has 1 aliphatic rings. The molecule has 1 saturated heterocycles. The summed E-state index contributed by atoms with van der Waals surface area (Å²) in [4.78, 5) is 5.80. The number of aromatic nitrogens is 1. The van der Waals surface area contributed by atoms with Gasteiger partial charge in [0, 0.05) is 39.1 Å². The molecule has 1 fully saturated rings. The third kappa shape index (κ3) is 2.41. The molecule has 0 atom stereocenters. The molecule has 8 heteroatoms. The normalized spacial score (nSPS) is 18.9. The highest BCUT2D eigenvalue weighted by Crippen LogP contribution is 2.42. The van der Waals surface area contributed by atoms with Gasteiger partial charge in [-0.1, -0.05) is 0 Å². The summed E-state index contributed by atoms with van der Waals surface area (Å²) in [7, 11) is 1.07. The summed E-state index contributed by atoms with van der Waals surface area (Å²) in [6, 6.07) is 4.12. The van der Waals surface area contributed by atoms with Gasteiger partial charge in [0.25, 0.3) is 6.01 Å². The molecular formula is C14H14F4N2O2. The predicted octanol–water partition coefficient (Wildman–Crippen LogP) is 3.51. The second-order valence-corrected chi connectivity index (χ2v) is 5.29. The lowest BCUT2D eigenvalue weighted by Crippen LogP contribution is -2.54. The Hall–Kier alpha value is -1.83. The van der Waals surface area contributed by atoms with E-state index in [9.17, 15) is 17.6 Å². The predicted molar refractivity (Wildman–Crippen MR) is 71.2 cm³/mol. The molecule has 2 aromatic rings. The molecule has 1 aromatic heterocycles. The van der Waals surface area contributed by atoms with Crippen LogP contribution >= 0.6 is 0 Å². The number of oxazole rings is 1. The molecule has 2 heterocycles. The van der Waals surface area contributed by atoms with Crippen molar-refractivity contribution < 1.29 is 26.7 Å². The zero-order chi connectivity index (χ0) is 16.0. The average Bonchev–Trinajstić information content (AvgIpc) is 2.89. The lowest BCUT2D eigenvalue weighted by molar-refractivity contribution is -0.276. The van der Waals surface area contributed by atoms with Gasteiger partial charge in [0.1, 0.15) is 11.3 Å². The monoisotopic (exact) mass is 318 g/mol. The SMILES string of the molecule is COC1(C(F)(F)F)CCN(c2nc3ccc(F)cc3o2)CC1. The summed E-state index contributed by atoms with van der Waals surface area (Å²) in [6.07, 6.45) is -4.83. The number of benzene rings is 1. The molecular weight excluding hydrogens is 304 g/mol. The fourth-order valence-corrected chi connectivity index (χ4v) is 2.68. The average molecular weight is 318 g/mol. The van der Waals surface area contributed by atoms with Crippen molar-refractivity contribution in [2.75, 3.05) is 25.1 Å². The third-order valence-corrected chi connectivity index (χ3v) is 4.09. The first-order valence-electron chi connectivity index (χ1n) is 6.77. The zero-order valence-corrected chi connectivity index (χ0v) is 11.8. The molecule has 1 aliphatic heterocycles. The lowest BCUT2D eigenvalue weighted by Gasteiger charge is -2.41. The second-order valence-electron chi connectivity index (χ2n) is 5.29. The van der Waals surface area contributed by atoms with E-state index in [-0.39, 0.29) is 37.5 Å². The number of nitrogens with zero attached hydrogens (tertiary/aromatic N) is 2. The van der Waals surface area contributed by atoms with E-state index >= 15 is 0 Å². The largest absolute Gasteiger partial charge is 0.423 e. The number of alkyl halides is 3. The van der Waals surface area contributed by atoms with Crippen LogP contribution in [0.1, 0.15) is 12.8 Å². The maximum absolute atomic E-state index is 13.1. The fourth-order valence-electron chi connectivity index (χ4n) is 2.68. The molecule has 0 radical (unpaired) electrons. The van der Waals surface area contributed by atoms with Crippen LogP contribution in [-0.4, -0.2) is 37.0 Å². The first-order valence-corrected chi connectivity index (χ1v) is 6.77. The lowest BCUT2D eigenvalue weighted by atomic mass is 9.90. The van der Waals surface area contributed by atoms with E-state index in [4.69, 9.17) is 9.15 Å². The molecule has 120 valence electrons. The van der Waals surface area contributed by atoms with Crippen molar-refractivity contribution in [2.45, 2.75) is 24.6 Å². The summed E-state index contributed by atoms with van der Waals surface area (Å²) < 4.78 is 62.6.